The Bertz CT molecular complexity index is 516. The molecule has 1 heterocycles. The quantitative estimate of drug-likeness (QED) is 0.928. The van der Waals surface area contributed by atoms with E-state index in [2.05, 4.69) is 20.9 Å². The van der Waals surface area contributed by atoms with Crippen molar-refractivity contribution in [1.29, 1.82) is 0 Å². The third-order valence-corrected chi connectivity index (χ3v) is 3.68. The monoisotopic (exact) mass is 309 g/mol. The van der Waals surface area contributed by atoms with Crippen LogP contribution in [0.4, 0.5) is 0 Å². The zero-order valence-electron chi connectivity index (χ0n) is 9.30. The highest BCUT2D eigenvalue weighted by Gasteiger charge is 2.04. The molecule has 0 bridgehead atoms. The van der Waals surface area contributed by atoms with E-state index in [9.17, 15) is 5.11 Å². The lowest BCUT2D eigenvalue weighted by Gasteiger charge is -2.06. The summed E-state index contributed by atoms with van der Waals surface area (Å²) in [6.07, 6.45) is 1.27. The molecule has 0 saturated heterocycles. The van der Waals surface area contributed by atoms with E-state index in [-0.39, 0.29) is 0 Å². The lowest BCUT2D eigenvalue weighted by Crippen LogP contribution is -1.92. The molecule has 0 radical (unpaired) electrons. The second-order valence-electron chi connectivity index (χ2n) is 3.66. The largest absolute Gasteiger partial charge is 0.389 e. The summed E-state index contributed by atoms with van der Waals surface area (Å²) in [6, 6.07) is 11.8. The first-order valence-electron chi connectivity index (χ1n) is 5.22. The van der Waals surface area contributed by atoms with Gasteiger partial charge in [0.25, 0.3) is 0 Å². The molecule has 2 nitrogen and oxygen atoms in total. The molecule has 1 aromatic carbocycles. The molecule has 1 aromatic heterocycles. The number of pyridine rings is 1. The fourth-order valence-electron chi connectivity index (χ4n) is 1.39. The molecular formula is C13H12BrNOS. The van der Waals surface area contributed by atoms with Crippen molar-refractivity contribution in [2.75, 3.05) is 0 Å². The molecule has 0 aliphatic carbocycles. The number of aliphatic hydroxyl groups excluding tert-OH is 1. The normalized spacial score (nSPS) is 12.4. The van der Waals surface area contributed by atoms with Gasteiger partial charge in [0.05, 0.1) is 6.10 Å². The third kappa shape index (κ3) is 3.56. The van der Waals surface area contributed by atoms with E-state index in [1.54, 1.807) is 24.9 Å². The minimum absolute atomic E-state index is 0.458. The van der Waals surface area contributed by atoms with Crippen LogP contribution in [0.2, 0.25) is 0 Å². The van der Waals surface area contributed by atoms with Gasteiger partial charge in [0.2, 0.25) is 0 Å². The van der Waals surface area contributed by atoms with E-state index in [0.29, 0.717) is 0 Å². The summed E-state index contributed by atoms with van der Waals surface area (Å²) in [5, 5.41) is 10.4. The lowest BCUT2D eigenvalue weighted by molar-refractivity contribution is 0.199. The predicted molar refractivity (Wildman–Crippen MR) is 73.1 cm³/mol. The molecule has 1 N–H and O–H groups in total. The molecule has 2 rings (SSSR count). The van der Waals surface area contributed by atoms with Gasteiger partial charge >= 0.3 is 0 Å². The van der Waals surface area contributed by atoms with Crippen LogP contribution < -0.4 is 0 Å². The van der Waals surface area contributed by atoms with Crippen molar-refractivity contribution in [3.05, 3.63) is 52.6 Å². The van der Waals surface area contributed by atoms with Gasteiger partial charge in [0.15, 0.2) is 0 Å². The van der Waals surface area contributed by atoms with Crippen LogP contribution in [-0.2, 0) is 0 Å². The second kappa shape index (κ2) is 5.67. The predicted octanol–water partition coefficient (Wildman–Crippen LogP) is 4.05. The molecule has 2 aromatic rings. The standard InChI is InChI=1S/C13H12BrNOS/c1-9(16)10-5-6-15-13(7-10)17-12-4-2-3-11(14)8-12/h2-9,16H,1H3/t9-/m0/s1. The Labute approximate surface area is 113 Å². The molecule has 0 saturated carbocycles. The Morgan fingerprint density at radius 3 is 2.82 bits per heavy atom. The van der Waals surface area contributed by atoms with Crippen molar-refractivity contribution in [3.63, 3.8) is 0 Å². The number of hydrogen-bond acceptors (Lipinski definition) is 3. The summed E-state index contributed by atoms with van der Waals surface area (Å²) in [4.78, 5) is 5.40. The van der Waals surface area contributed by atoms with Gasteiger partial charge in [-0.25, -0.2) is 4.98 Å². The van der Waals surface area contributed by atoms with E-state index >= 15 is 0 Å². The Morgan fingerprint density at radius 2 is 2.12 bits per heavy atom. The topological polar surface area (TPSA) is 33.1 Å². The highest BCUT2D eigenvalue weighted by Crippen LogP contribution is 2.29. The molecule has 1 atom stereocenters. The van der Waals surface area contributed by atoms with Gasteiger partial charge in [-0.3, -0.25) is 0 Å². The van der Waals surface area contributed by atoms with E-state index in [1.807, 2.05) is 36.4 Å². The summed E-state index contributed by atoms with van der Waals surface area (Å²) >= 11 is 5.02. The van der Waals surface area contributed by atoms with Crippen LogP contribution >= 0.6 is 27.7 Å². The molecule has 0 aliphatic rings. The van der Waals surface area contributed by atoms with Crippen molar-refractivity contribution in [3.8, 4) is 0 Å². The summed E-state index contributed by atoms with van der Waals surface area (Å²) in [6.45, 7) is 1.75. The third-order valence-electron chi connectivity index (χ3n) is 2.26. The number of nitrogens with zero attached hydrogens (tertiary/aromatic N) is 1. The molecular weight excluding hydrogens is 298 g/mol. The van der Waals surface area contributed by atoms with Crippen LogP contribution in [0.15, 0.2) is 57.0 Å². The smallest absolute Gasteiger partial charge is 0.101 e. The maximum Gasteiger partial charge on any atom is 0.101 e. The number of hydrogen-bond donors (Lipinski definition) is 1. The average Bonchev–Trinajstić information content (AvgIpc) is 2.29. The molecule has 0 fully saturated rings. The zero-order chi connectivity index (χ0) is 12.3. The van der Waals surface area contributed by atoms with Gasteiger partial charge in [0.1, 0.15) is 5.03 Å². The van der Waals surface area contributed by atoms with Crippen molar-refractivity contribution >= 4 is 27.7 Å². The van der Waals surface area contributed by atoms with Crippen molar-refractivity contribution in [2.45, 2.75) is 22.9 Å². The Hall–Kier alpha value is -0.840. The summed E-state index contributed by atoms with van der Waals surface area (Å²) in [5.74, 6) is 0. The van der Waals surface area contributed by atoms with Crippen molar-refractivity contribution in [1.82, 2.24) is 4.98 Å². The molecule has 17 heavy (non-hydrogen) atoms. The highest BCUT2D eigenvalue weighted by molar-refractivity contribution is 9.10. The van der Waals surface area contributed by atoms with Crippen LogP contribution in [0.5, 0.6) is 0 Å². The van der Waals surface area contributed by atoms with Gasteiger partial charge in [-0.1, -0.05) is 33.8 Å². The first-order chi connectivity index (χ1) is 8.15. The van der Waals surface area contributed by atoms with Gasteiger partial charge in [-0.05, 0) is 42.8 Å². The first-order valence-corrected chi connectivity index (χ1v) is 6.83. The number of aliphatic hydroxyl groups is 1. The molecule has 0 unspecified atom stereocenters. The minimum atomic E-state index is -0.458. The van der Waals surface area contributed by atoms with Gasteiger partial charge in [0, 0.05) is 15.6 Å². The van der Waals surface area contributed by atoms with Gasteiger partial charge in [-0.2, -0.15) is 0 Å². The Balaban J connectivity index is 2.21. The number of rotatable bonds is 3. The second-order valence-corrected chi connectivity index (χ2v) is 5.67. The summed E-state index contributed by atoms with van der Waals surface area (Å²) in [7, 11) is 0. The average molecular weight is 310 g/mol. The maximum absolute atomic E-state index is 9.51. The van der Waals surface area contributed by atoms with Crippen LogP contribution in [0, 0.1) is 0 Å². The van der Waals surface area contributed by atoms with E-state index < -0.39 is 6.10 Å². The van der Waals surface area contributed by atoms with Gasteiger partial charge < -0.3 is 5.11 Å². The summed E-state index contributed by atoms with van der Waals surface area (Å²) in [5.41, 5.74) is 0.887. The number of halogens is 1. The van der Waals surface area contributed by atoms with Crippen LogP contribution in [0.25, 0.3) is 0 Å². The molecule has 4 heteroatoms. The fourth-order valence-corrected chi connectivity index (χ4v) is 2.82. The Kier molecular flexibility index (Phi) is 4.20. The maximum atomic E-state index is 9.51. The van der Waals surface area contributed by atoms with Crippen LogP contribution in [0.1, 0.15) is 18.6 Å². The van der Waals surface area contributed by atoms with Crippen molar-refractivity contribution in [2.24, 2.45) is 0 Å². The number of benzene rings is 1. The molecule has 88 valence electrons. The SMILES string of the molecule is C[C@H](O)c1ccnc(Sc2cccc(Br)c2)c1. The molecule has 0 amide bonds. The highest BCUT2D eigenvalue weighted by atomic mass is 79.9. The van der Waals surface area contributed by atoms with E-state index in [4.69, 9.17) is 0 Å². The first kappa shape index (κ1) is 12.6. The summed E-state index contributed by atoms with van der Waals surface area (Å²) < 4.78 is 1.05. The zero-order valence-corrected chi connectivity index (χ0v) is 11.7. The lowest BCUT2D eigenvalue weighted by atomic mass is 10.2. The Morgan fingerprint density at radius 1 is 1.29 bits per heavy atom. The van der Waals surface area contributed by atoms with E-state index in [0.717, 1.165) is 20.0 Å². The molecule has 0 aliphatic heterocycles. The molecule has 0 spiro atoms. The fraction of sp³-hybridized carbons (Fsp3) is 0.154. The minimum Gasteiger partial charge on any atom is -0.389 e. The van der Waals surface area contributed by atoms with Crippen LogP contribution in [-0.4, -0.2) is 10.1 Å². The van der Waals surface area contributed by atoms with Crippen molar-refractivity contribution < 1.29 is 5.11 Å². The van der Waals surface area contributed by atoms with Crippen LogP contribution in [0.3, 0.4) is 0 Å². The van der Waals surface area contributed by atoms with E-state index in [1.165, 1.54) is 0 Å². The number of aromatic nitrogens is 1. The van der Waals surface area contributed by atoms with Gasteiger partial charge in [-0.15, -0.1) is 0 Å².